The van der Waals surface area contributed by atoms with Crippen molar-refractivity contribution >= 4 is 28.2 Å². The quantitative estimate of drug-likeness (QED) is 0.563. The number of carbonyl (C=O) groups is 1. The minimum atomic E-state index is -1.37. The van der Waals surface area contributed by atoms with Crippen LogP contribution in [0.15, 0.2) is 54.7 Å². The number of aliphatic hydroxyl groups excluding tert-OH is 2. The Bertz CT molecular complexity index is 925. The van der Waals surface area contributed by atoms with Crippen LogP contribution >= 0.6 is 0 Å². The van der Waals surface area contributed by atoms with E-state index >= 15 is 0 Å². The van der Waals surface area contributed by atoms with Crippen molar-refractivity contribution in [2.75, 3.05) is 17.7 Å². The lowest BCUT2D eigenvalue weighted by atomic mass is 9.93. The SMILES string of the molecule is Cc1ccc(C(CO)C(O)C(=O)Nc2ccc3c(N)nccc3c2)cc1. The summed E-state index contributed by atoms with van der Waals surface area (Å²) in [6.45, 7) is 1.61. The Kier molecular flexibility index (Phi) is 5.16. The number of benzene rings is 2. The molecule has 1 aromatic heterocycles. The average Bonchev–Trinajstić information content (AvgIpc) is 2.64. The molecule has 6 nitrogen and oxygen atoms in total. The molecule has 1 amide bonds. The van der Waals surface area contributed by atoms with Crippen LogP contribution in [0, 0.1) is 6.92 Å². The zero-order chi connectivity index (χ0) is 18.7. The van der Waals surface area contributed by atoms with Gasteiger partial charge in [-0.1, -0.05) is 29.8 Å². The predicted molar refractivity (Wildman–Crippen MR) is 102 cm³/mol. The first-order chi connectivity index (χ1) is 12.5. The van der Waals surface area contributed by atoms with Gasteiger partial charge >= 0.3 is 0 Å². The number of rotatable bonds is 5. The van der Waals surface area contributed by atoms with E-state index in [0.29, 0.717) is 17.1 Å². The largest absolute Gasteiger partial charge is 0.396 e. The highest BCUT2D eigenvalue weighted by Gasteiger charge is 2.27. The molecule has 3 aromatic rings. The van der Waals surface area contributed by atoms with E-state index in [0.717, 1.165) is 16.3 Å². The lowest BCUT2D eigenvalue weighted by molar-refractivity contribution is -0.125. The van der Waals surface area contributed by atoms with Crippen LogP contribution < -0.4 is 11.1 Å². The van der Waals surface area contributed by atoms with Gasteiger partial charge in [0.05, 0.1) is 6.61 Å². The number of aryl methyl sites for hydroxylation is 1. The van der Waals surface area contributed by atoms with Gasteiger partial charge in [0.15, 0.2) is 0 Å². The first kappa shape index (κ1) is 17.8. The van der Waals surface area contributed by atoms with Gasteiger partial charge in [0.2, 0.25) is 0 Å². The second-order valence-corrected chi connectivity index (χ2v) is 6.27. The number of nitrogens with one attached hydrogen (secondary N) is 1. The number of hydrogen-bond donors (Lipinski definition) is 4. The normalized spacial score (nSPS) is 13.3. The minimum Gasteiger partial charge on any atom is -0.396 e. The summed E-state index contributed by atoms with van der Waals surface area (Å²) in [5, 5.41) is 24.4. The maximum atomic E-state index is 12.4. The lowest BCUT2D eigenvalue weighted by Crippen LogP contribution is -2.35. The van der Waals surface area contributed by atoms with E-state index in [9.17, 15) is 15.0 Å². The Hall–Kier alpha value is -2.96. The topological polar surface area (TPSA) is 108 Å². The number of amides is 1. The number of hydrogen-bond acceptors (Lipinski definition) is 5. The van der Waals surface area contributed by atoms with E-state index < -0.39 is 17.9 Å². The minimum absolute atomic E-state index is 0.336. The molecule has 0 fully saturated rings. The molecule has 2 atom stereocenters. The second kappa shape index (κ2) is 7.51. The summed E-state index contributed by atoms with van der Waals surface area (Å²) >= 11 is 0. The fourth-order valence-electron chi connectivity index (χ4n) is 2.88. The third-order valence-corrected chi connectivity index (χ3v) is 4.41. The number of carbonyl (C=O) groups excluding carboxylic acids is 1. The molecule has 6 heteroatoms. The number of anilines is 2. The number of aromatic nitrogens is 1. The van der Waals surface area contributed by atoms with Crippen LogP contribution in [0.25, 0.3) is 10.8 Å². The van der Waals surface area contributed by atoms with Crippen molar-refractivity contribution in [2.24, 2.45) is 0 Å². The van der Waals surface area contributed by atoms with Crippen LogP contribution in [-0.2, 0) is 4.79 Å². The van der Waals surface area contributed by atoms with Gasteiger partial charge in [-0.3, -0.25) is 4.79 Å². The van der Waals surface area contributed by atoms with Crippen molar-refractivity contribution < 1.29 is 15.0 Å². The number of nitrogens with two attached hydrogens (primary N) is 1. The summed E-state index contributed by atoms with van der Waals surface area (Å²) in [4.78, 5) is 16.5. The van der Waals surface area contributed by atoms with Gasteiger partial charge in [0.1, 0.15) is 11.9 Å². The van der Waals surface area contributed by atoms with E-state index in [2.05, 4.69) is 10.3 Å². The van der Waals surface area contributed by atoms with Crippen LogP contribution in [0.2, 0.25) is 0 Å². The van der Waals surface area contributed by atoms with E-state index in [1.165, 1.54) is 0 Å². The summed E-state index contributed by atoms with van der Waals surface area (Å²) in [6, 6.07) is 14.4. The smallest absolute Gasteiger partial charge is 0.253 e. The molecule has 0 bridgehead atoms. The Morgan fingerprint density at radius 1 is 1.19 bits per heavy atom. The zero-order valence-corrected chi connectivity index (χ0v) is 14.4. The molecular weight excluding hydrogens is 330 g/mol. The van der Waals surface area contributed by atoms with Crippen molar-refractivity contribution in [3.05, 3.63) is 65.9 Å². The molecular formula is C20H21N3O3. The summed E-state index contributed by atoms with van der Waals surface area (Å²) in [5.74, 6) is -0.859. The van der Waals surface area contributed by atoms with E-state index in [1.807, 2.05) is 19.1 Å². The maximum absolute atomic E-state index is 12.4. The number of nitrogen functional groups attached to an aromatic ring is 1. The Morgan fingerprint density at radius 2 is 1.92 bits per heavy atom. The molecule has 0 radical (unpaired) electrons. The fourth-order valence-corrected chi connectivity index (χ4v) is 2.88. The molecule has 5 N–H and O–H groups in total. The molecule has 0 aliphatic carbocycles. The van der Waals surface area contributed by atoms with Crippen LogP contribution in [0.3, 0.4) is 0 Å². The highest BCUT2D eigenvalue weighted by Crippen LogP contribution is 2.24. The van der Waals surface area contributed by atoms with E-state index in [4.69, 9.17) is 5.73 Å². The summed E-state index contributed by atoms with van der Waals surface area (Å²) in [5.41, 5.74) is 8.13. The molecule has 0 aliphatic heterocycles. The first-order valence-electron chi connectivity index (χ1n) is 8.30. The predicted octanol–water partition coefficient (Wildman–Crippen LogP) is 2.20. The highest BCUT2D eigenvalue weighted by molar-refractivity contribution is 5.98. The van der Waals surface area contributed by atoms with Gasteiger partial charge < -0.3 is 21.3 Å². The standard InChI is InChI=1S/C20H21N3O3/c1-12-2-4-13(5-3-12)17(11-24)18(25)20(26)23-15-6-7-16-14(10-15)8-9-22-19(16)21/h2-10,17-18,24-25H,11H2,1H3,(H2,21,22)(H,23,26). The van der Waals surface area contributed by atoms with Gasteiger partial charge in [-0.2, -0.15) is 0 Å². The van der Waals surface area contributed by atoms with Crippen molar-refractivity contribution in [2.45, 2.75) is 18.9 Å². The van der Waals surface area contributed by atoms with Gasteiger partial charge in [-0.05, 0) is 42.1 Å². The lowest BCUT2D eigenvalue weighted by Gasteiger charge is -2.21. The average molecular weight is 351 g/mol. The first-order valence-corrected chi connectivity index (χ1v) is 8.30. The molecule has 0 spiro atoms. The highest BCUT2D eigenvalue weighted by atomic mass is 16.3. The van der Waals surface area contributed by atoms with Gasteiger partial charge in [0.25, 0.3) is 5.91 Å². The number of fused-ring (bicyclic) bond motifs is 1. The number of aliphatic hydroxyl groups is 2. The monoisotopic (exact) mass is 351 g/mol. The number of nitrogens with zero attached hydrogens (tertiary/aromatic N) is 1. The van der Waals surface area contributed by atoms with Crippen LogP contribution in [0.1, 0.15) is 17.0 Å². The van der Waals surface area contributed by atoms with Crippen LogP contribution in [-0.4, -0.2) is 33.8 Å². The van der Waals surface area contributed by atoms with Crippen LogP contribution in [0.5, 0.6) is 0 Å². The van der Waals surface area contributed by atoms with Gasteiger partial charge in [0, 0.05) is 23.2 Å². The molecule has 2 unspecified atom stereocenters. The number of pyridine rings is 1. The molecule has 26 heavy (non-hydrogen) atoms. The third-order valence-electron chi connectivity index (χ3n) is 4.41. The third kappa shape index (κ3) is 3.66. The molecule has 2 aromatic carbocycles. The van der Waals surface area contributed by atoms with Gasteiger partial charge in [-0.25, -0.2) is 4.98 Å². The summed E-state index contributed by atoms with van der Waals surface area (Å²) < 4.78 is 0. The molecule has 134 valence electrons. The van der Waals surface area contributed by atoms with Gasteiger partial charge in [-0.15, -0.1) is 0 Å². The van der Waals surface area contributed by atoms with Crippen molar-refractivity contribution in [3.63, 3.8) is 0 Å². The summed E-state index contributed by atoms with van der Waals surface area (Å²) in [6.07, 6.45) is 0.220. The van der Waals surface area contributed by atoms with Crippen molar-refractivity contribution in [3.8, 4) is 0 Å². The Morgan fingerprint density at radius 3 is 2.62 bits per heavy atom. The summed E-state index contributed by atoms with van der Waals surface area (Å²) in [7, 11) is 0. The Balaban J connectivity index is 1.78. The molecule has 1 heterocycles. The van der Waals surface area contributed by atoms with Crippen LogP contribution in [0.4, 0.5) is 11.5 Å². The second-order valence-electron chi connectivity index (χ2n) is 6.27. The van der Waals surface area contributed by atoms with E-state index in [1.54, 1.807) is 42.6 Å². The fraction of sp³-hybridized carbons (Fsp3) is 0.200. The molecule has 0 aliphatic rings. The van der Waals surface area contributed by atoms with E-state index in [-0.39, 0.29) is 6.61 Å². The zero-order valence-electron chi connectivity index (χ0n) is 14.4. The maximum Gasteiger partial charge on any atom is 0.253 e. The molecule has 3 rings (SSSR count). The molecule has 0 saturated heterocycles. The molecule has 0 saturated carbocycles. The van der Waals surface area contributed by atoms with Crippen molar-refractivity contribution in [1.82, 2.24) is 4.98 Å². The Labute approximate surface area is 151 Å². The van der Waals surface area contributed by atoms with Crippen molar-refractivity contribution in [1.29, 1.82) is 0 Å².